The van der Waals surface area contributed by atoms with Gasteiger partial charge in [-0.1, -0.05) is 13.0 Å². The molecule has 0 radical (unpaired) electrons. The molecule has 104 valence electrons. The molecule has 6 nitrogen and oxygen atoms in total. The summed E-state index contributed by atoms with van der Waals surface area (Å²) in [5, 5.41) is 12.2. The number of carbonyl (C=O) groups excluding carboxylic acids is 1. The number of hydrogen-bond donors (Lipinski definition) is 2. The van der Waals surface area contributed by atoms with Crippen molar-refractivity contribution in [3.05, 3.63) is 40.0 Å². The van der Waals surface area contributed by atoms with E-state index in [4.69, 9.17) is 5.11 Å². The molecule has 2 heterocycles. The summed E-state index contributed by atoms with van der Waals surface area (Å²) in [6.07, 6.45) is 2.15. The lowest BCUT2D eigenvalue weighted by Gasteiger charge is -2.01. The minimum absolute atomic E-state index is 0.0432. The fraction of sp³-hybridized carbons (Fsp3) is 0.231. The average Bonchev–Trinajstić information content (AvgIpc) is 2.83. The highest BCUT2D eigenvalue weighted by Gasteiger charge is 2.17. The van der Waals surface area contributed by atoms with Crippen LogP contribution in [0.1, 0.15) is 27.3 Å². The molecule has 0 atom stereocenters. The number of aryl methyl sites for hydroxylation is 1. The summed E-state index contributed by atoms with van der Waals surface area (Å²) in [6.45, 7) is 1.83. The summed E-state index contributed by atoms with van der Waals surface area (Å²) < 4.78 is 0. The van der Waals surface area contributed by atoms with Gasteiger partial charge in [0.1, 0.15) is 15.7 Å². The van der Waals surface area contributed by atoms with Crippen LogP contribution >= 0.6 is 11.3 Å². The third-order valence-electron chi connectivity index (χ3n) is 2.51. The molecule has 2 rings (SSSR count). The number of aromatic nitrogens is 2. The lowest BCUT2D eigenvalue weighted by Crippen LogP contribution is -2.15. The maximum atomic E-state index is 11.8. The number of thiazole rings is 1. The molecule has 20 heavy (non-hydrogen) atoms. The molecule has 0 aliphatic carbocycles. The van der Waals surface area contributed by atoms with Crippen LogP contribution in [0.3, 0.4) is 0 Å². The molecule has 0 spiro atoms. The first kappa shape index (κ1) is 14.1. The van der Waals surface area contributed by atoms with Gasteiger partial charge in [0.05, 0.1) is 12.1 Å². The molecule has 0 unspecified atom stereocenters. The lowest BCUT2D eigenvalue weighted by molar-refractivity contribution is -0.115. The van der Waals surface area contributed by atoms with Crippen molar-refractivity contribution in [2.75, 3.05) is 5.32 Å². The van der Waals surface area contributed by atoms with Gasteiger partial charge in [-0.25, -0.2) is 14.8 Å². The zero-order valence-electron chi connectivity index (χ0n) is 10.8. The van der Waals surface area contributed by atoms with E-state index in [-0.39, 0.29) is 17.2 Å². The van der Waals surface area contributed by atoms with Gasteiger partial charge in [-0.15, -0.1) is 11.3 Å². The highest BCUT2D eigenvalue weighted by atomic mass is 32.1. The van der Waals surface area contributed by atoms with E-state index in [1.54, 1.807) is 24.4 Å². The van der Waals surface area contributed by atoms with E-state index in [0.717, 1.165) is 11.3 Å². The Morgan fingerprint density at radius 1 is 1.40 bits per heavy atom. The van der Waals surface area contributed by atoms with E-state index in [1.807, 2.05) is 6.92 Å². The topological polar surface area (TPSA) is 92.2 Å². The minimum atomic E-state index is -1.00. The highest BCUT2D eigenvalue weighted by Crippen LogP contribution is 2.20. The molecule has 0 bridgehead atoms. The Morgan fingerprint density at radius 3 is 2.75 bits per heavy atom. The Morgan fingerprint density at radius 2 is 2.20 bits per heavy atom. The second-order valence-electron chi connectivity index (χ2n) is 3.98. The molecule has 0 saturated carbocycles. The molecule has 7 heteroatoms. The van der Waals surface area contributed by atoms with Gasteiger partial charge in [0, 0.05) is 6.20 Å². The second kappa shape index (κ2) is 6.25. The van der Waals surface area contributed by atoms with Gasteiger partial charge < -0.3 is 10.4 Å². The average molecular weight is 291 g/mol. The van der Waals surface area contributed by atoms with Crippen LogP contribution in [-0.2, 0) is 17.6 Å². The van der Waals surface area contributed by atoms with Crippen LogP contribution in [0.2, 0.25) is 0 Å². The quantitative estimate of drug-likeness (QED) is 0.878. The Hall–Kier alpha value is -2.28. The number of carbonyl (C=O) groups is 2. The van der Waals surface area contributed by atoms with Gasteiger partial charge in [-0.05, 0) is 18.6 Å². The third-order valence-corrected chi connectivity index (χ3v) is 3.60. The Labute approximate surface area is 119 Å². The van der Waals surface area contributed by atoms with Crippen LogP contribution in [0.25, 0.3) is 0 Å². The summed E-state index contributed by atoms with van der Waals surface area (Å²) in [6, 6.07) is 5.20. The van der Waals surface area contributed by atoms with Crippen molar-refractivity contribution < 1.29 is 14.7 Å². The predicted molar refractivity (Wildman–Crippen MR) is 75.0 cm³/mol. The molecule has 0 fully saturated rings. The van der Waals surface area contributed by atoms with Gasteiger partial charge in [-0.2, -0.15) is 0 Å². The van der Waals surface area contributed by atoms with Crippen molar-refractivity contribution in [3.63, 3.8) is 0 Å². The number of amides is 1. The van der Waals surface area contributed by atoms with E-state index in [1.165, 1.54) is 0 Å². The summed E-state index contributed by atoms with van der Waals surface area (Å²) >= 11 is 1.04. The molecule has 1 amide bonds. The maximum absolute atomic E-state index is 11.8. The van der Waals surface area contributed by atoms with Crippen molar-refractivity contribution in [3.8, 4) is 0 Å². The van der Waals surface area contributed by atoms with Crippen LogP contribution in [0, 0.1) is 0 Å². The number of anilines is 1. The van der Waals surface area contributed by atoms with E-state index in [0.29, 0.717) is 22.9 Å². The normalized spacial score (nSPS) is 10.2. The van der Waals surface area contributed by atoms with Gasteiger partial charge in [-0.3, -0.25) is 4.79 Å². The predicted octanol–water partition coefficient (Wildman–Crippen LogP) is 1.98. The number of hydrogen-bond acceptors (Lipinski definition) is 5. The monoisotopic (exact) mass is 291 g/mol. The number of nitrogens with zero attached hydrogens (tertiary/aromatic N) is 2. The fourth-order valence-corrected chi connectivity index (χ4v) is 2.63. The van der Waals surface area contributed by atoms with Crippen LogP contribution in [0.5, 0.6) is 0 Å². The smallest absolute Gasteiger partial charge is 0.347 e. The number of aromatic carboxylic acids is 1. The highest BCUT2D eigenvalue weighted by molar-refractivity contribution is 7.13. The van der Waals surface area contributed by atoms with Gasteiger partial charge in [0.25, 0.3) is 0 Å². The number of carboxylic acids is 1. The van der Waals surface area contributed by atoms with Crippen LogP contribution in [0.4, 0.5) is 5.82 Å². The van der Waals surface area contributed by atoms with Gasteiger partial charge in [0.15, 0.2) is 0 Å². The van der Waals surface area contributed by atoms with Gasteiger partial charge in [0.2, 0.25) is 5.91 Å². The van der Waals surface area contributed by atoms with E-state index in [9.17, 15) is 9.59 Å². The molecule has 0 saturated heterocycles. The van der Waals surface area contributed by atoms with Crippen molar-refractivity contribution in [2.45, 2.75) is 19.8 Å². The van der Waals surface area contributed by atoms with Crippen LogP contribution in [0.15, 0.2) is 24.4 Å². The number of carboxylic acid groups (broad SMARTS) is 1. The maximum Gasteiger partial charge on any atom is 0.347 e. The van der Waals surface area contributed by atoms with Crippen molar-refractivity contribution >= 4 is 29.0 Å². The molecular weight excluding hydrogens is 278 g/mol. The summed E-state index contributed by atoms with van der Waals surface area (Å²) in [7, 11) is 0. The first-order valence-electron chi connectivity index (χ1n) is 6.03. The third kappa shape index (κ3) is 3.39. The number of nitrogens with one attached hydrogen (secondary N) is 1. The molecule has 0 aromatic carbocycles. The molecule has 0 aliphatic heterocycles. The second-order valence-corrected chi connectivity index (χ2v) is 5.07. The van der Waals surface area contributed by atoms with Crippen molar-refractivity contribution in [2.24, 2.45) is 0 Å². The Kier molecular flexibility index (Phi) is 4.41. The summed E-state index contributed by atoms with van der Waals surface area (Å²) in [5.74, 6) is -0.809. The van der Waals surface area contributed by atoms with E-state index < -0.39 is 5.97 Å². The molecule has 2 aromatic rings. The van der Waals surface area contributed by atoms with Crippen LogP contribution < -0.4 is 5.32 Å². The number of rotatable bonds is 5. The zero-order chi connectivity index (χ0) is 14.5. The minimum Gasteiger partial charge on any atom is -0.477 e. The zero-order valence-corrected chi connectivity index (χ0v) is 11.6. The van der Waals surface area contributed by atoms with Crippen molar-refractivity contribution in [1.82, 2.24) is 9.97 Å². The first-order valence-corrected chi connectivity index (χ1v) is 6.84. The molecule has 2 aromatic heterocycles. The summed E-state index contributed by atoms with van der Waals surface area (Å²) in [5.41, 5.74) is 0.517. The lowest BCUT2D eigenvalue weighted by atomic mass is 10.3. The first-order chi connectivity index (χ1) is 9.60. The van der Waals surface area contributed by atoms with E-state index in [2.05, 4.69) is 15.3 Å². The standard InChI is InChI=1S/C13H13N3O3S/c1-2-8-12(13(18)19)20-11(15-8)7-10(17)16-9-5-3-4-6-14-9/h3-6H,2,7H2,1H3,(H,18,19)(H,14,16,17). The van der Waals surface area contributed by atoms with Crippen LogP contribution in [-0.4, -0.2) is 27.0 Å². The summed E-state index contributed by atoms with van der Waals surface area (Å²) in [4.78, 5) is 31.2. The molecular formula is C13H13N3O3S. The SMILES string of the molecule is CCc1nc(CC(=O)Nc2ccccn2)sc1C(=O)O. The van der Waals surface area contributed by atoms with E-state index >= 15 is 0 Å². The largest absolute Gasteiger partial charge is 0.477 e. The van der Waals surface area contributed by atoms with Crippen molar-refractivity contribution in [1.29, 1.82) is 0 Å². The Balaban J connectivity index is 2.06. The molecule has 2 N–H and O–H groups in total. The molecule has 0 aliphatic rings. The number of pyridine rings is 1. The Bertz CT molecular complexity index is 625. The fourth-order valence-electron chi connectivity index (χ4n) is 1.64. The van der Waals surface area contributed by atoms with Gasteiger partial charge >= 0.3 is 5.97 Å².